The van der Waals surface area contributed by atoms with Crippen molar-refractivity contribution < 1.29 is 4.74 Å². The Morgan fingerprint density at radius 1 is 1.11 bits per heavy atom. The van der Waals surface area contributed by atoms with Crippen molar-refractivity contribution >= 4 is 15.9 Å². The first-order chi connectivity index (χ1) is 8.74. The van der Waals surface area contributed by atoms with Crippen LogP contribution in [-0.2, 0) is 0 Å². The van der Waals surface area contributed by atoms with Gasteiger partial charge in [0.2, 0.25) is 0 Å². The molecule has 1 aromatic carbocycles. The van der Waals surface area contributed by atoms with Gasteiger partial charge in [0, 0.05) is 10.7 Å². The summed E-state index contributed by atoms with van der Waals surface area (Å²) in [5.41, 5.74) is 0.576. The summed E-state index contributed by atoms with van der Waals surface area (Å²) in [6.07, 6.45) is 1.52. The predicted octanol–water partition coefficient (Wildman–Crippen LogP) is 3.38. The molecule has 86 valence electrons. The molecular formula is C13H6BrN3O. The summed E-state index contributed by atoms with van der Waals surface area (Å²) < 4.78 is 6.27. The largest absolute Gasteiger partial charge is 0.453 e. The maximum Gasteiger partial charge on any atom is 0.183 e. The number of benzene rings is 1. The number of hydrogen-bond donors (Lipinski definition) is 0. The van der Waals surface area contributed by atoms with E-state index in [-0.39, 0.29) is 5.69 Å². The number of para-hydroxylation sites is 1. The summed E-state index contributed by atoms with van der Waals surface area (Å²) >= 11 is 3.26. The molecule has 0 saturated carbocycles. The molecule has 0 spiro atoms. The fourth-order valence-corrected chi connectivity index (χ4v) is 1.66. The minimum absolute atomic E-state index is 0.172. The van der Waals surface area contributed by atoms with Crippen molar-refractivity contribution in [2.75, 3.05) is 0 Å². The van der Waals surface area contributed by atoms with E-state index in [9.17, 15) is 0 Å². The zero-order valence-electron chi connectivity index (χ0n) is 9.09. The highest BCUT2D eigenvalue weighted by Crippen LogP contribution is 2.28. The molecule has 0 aliphatic carbocycles. The monoisotopic (exact) mass is 299 g/mol. The van der Waals surface area contributed by atoms with Crippen molar-refractivity contribution in [1.29, 1.82) is 10.5 Å². The van der Waals surface area contributed by atoms with Crippen LogP contribution in [-0.4, -0.2) is 4.98 Å². The molecular weight excluding hydrogens is 294 g/mol. The lowest BCUT2D eigenvalue weighted by molar-refractivity contribution is 0.476. The van der Waals surface area contributed by atoms with Gasteiger partial charge in [0.1, 0.15) is 17.9 Å². The SMILES string of the molecule is N#Cc1ccccc1Oc1cc(Br)cnc1C#N. The van der Waals surface area contributed by atoms with Gasteiger partial charge in [0.15, 0.2) is 11.4 Å². The smallest absolute Gasteiger partial charge is 0.183 e. The summed E-state index contributed by atoms with van der Waals surface area (Å²) in [6, 6.07) is 12.4. The second-order valence-corrected chi connectivity index (χ2v) is 4.24. The average molecular weight is 300 g/mol. The topological polar surface area (TPSA) is 69.7 Å². The number of halogens is 1. The van der Waals surface area contributed by atoms with E-state index in [0.29, 0.717) is 21.5 Å². The third-order valence-corrected chi connectivity index (χ3v) is 2.59. The highest BCUT2D eigenvalue weighted by molar-refractivity contribution is 9.10. The highest BCUT2D eigenvalue weighted by Gasteiger charge is 2.09. The van der Waals surface area contributed by atoms with Crippen molar-refractivity contribution in [1.82, 2.24) is 4.98 Å². The van der Waals surface area contributed by atoms with Crippen LogP contribution in [0.3, 0.4) is 0 Å². The number of ether oxygens (including phenoxy) is 1. The van der Waals surface area contributed by atoms with E-state index in [4.69, 9.17) is 15.3 Å². The standard InChI is InChI=1S/C13H6BrN3O/c14-10-5-13(11(7-16)17-8-10)18-12-4-2-1-3-9(12)6-15/h1-5,8H. The molecule has 0 unspecified atom stereocenters. The molecule has 0 atom stereocenters. The summed E-state index contributed by atoms with van der Waals surface area (Å²) in [7, 11) is 0. The molecule has 4 nitrogen and oxygen atoms in total. The molecule has 0 amide bonds. The number of aromatic nitrogens is 1. The maximum atomic E-state index is 8.96. The first-order valence-electron chi connectivity index (χ1n) is 4.97. The van der Waals surface area contributed by atoms with E-state index in [2.05, 4.69) is 20.9 Å². The van der Waals surface area contributed by atoms with Gasteiger partial charge in [0.05, 0.1) is 5.56 Å². The fourth-order valence-electron chi connectivity index (χ4n) is 1.35. The molecule has 0 radical (unpaired) electrons. The molecule has 0 N–H and O–H groups in total. The lowest BCUT2D eigenvalue weighted by atomic mass is 10.2. The van der Waals surface area contributed by atoms with Crippen LogP contribution in [0, 0.1) is 22.7 Å². The Balaban J connectivity index is 2.44. The first-order valence-corrected chi connectivity index (χ1v) is 5.76. The molecule has 0 fully saturated rings. The van der Waals surface area contributed by atoms with Gasteiger partial charge in [-0.25, -0.2) is 4.98 Å². The summed E-state index contributed by atoms with van der Waals surface area (Å²) in [5, 5.41) is 17.9. The van der Waals surface area contributed by atoms with Crippen LogP contribution in [0.4, 0.5) is 0 Å². The summed E-state index contributed by atoms with van der Waals surface area (Å²) in [4.78, 5) is 3.93. The van der Waals surface area contributed by atoms with E-state index in [1.54, 1.807) is 30.3 Å². The minimum atomic E-state index is 0.172. The quantitative estimate of drug-likeness (QED) is 0.852. The van der Waals surface area contributed by atoms with Crippen LogP contribution in [0.5, 0.6) is 11.5 Å². The van der Waals surface area contributed by atoms with Crippen molar-refractivity contribution in [3.8, 4) is 23.6 Å². The Morgan fingerprint density at radius 3 is 2.61 bits per heavy atom. The van der Waals surface area contributed by atoms with Crippen LogP contribution in [0.15, 0.2) is 41.0 Å². The van der Waals surface area contributed by atoms with Crippen LogP contribution < -0.4 is 4.74 Å². The second-order valence-electron chi connectivity index (χ2n) is 3.32. The highest BCUT2D eigenvalue weighted by atomic mass is 79.9. The lowest BCUT2D eigenvalue weighted by Gasteiger charge is -2.08. The van der Waals surface area contributed by atoms with Crippen molar-refractivity contribution in [3.63, 3.8) is 0 Å². The number of rotatable bonds is 2. The van der Waals surface area contributed by atoms with Crippen LogP contribution in [0.25, 0.3) is 0 Å². The number of nitriles is 2. The van der Waals surface area contributed by atoms with Crippen molar-refractivity contribution in [2.45, 2.75) is 0 Å². The number of nitrogens with zero attached hydrogens (tertiary/aromatic N) is 3. The van der Waals surface area contributed by atoms with E-state index in [1.807, 2.05) is 12.1 Å². The molecule has 0 aliphatic rings. The maximum absolute atomic E-state index is 8.96. The van der Waals surface area contributed by atoms with Gasteiger partial charge in [0.25, 0.3) is 0 Å². The Bertz CT molecular complexity index is 671. The zero-order chi connectivity index (χ0) is 13.0. The van der Waals surface area contributed by atoms with Crippen LogP contribution >= 0.6 is 15.9 Å². The van der Waals surface area contributed by atoms with Crippen molar-refractivity contribution in [2.24, 2.45) is 0 Å². The molecule has 0 saturated heterocycles. The van der Waals surface area contributed by atoms with Crippen LogP contribution in [0.1, 0.15) is 11.3 Å². The average Bonchev–Trinajstić information content (AvgIpc) is 2.40. The lowest BCUT2D eigenvalue weighted by Crippen LogP contribution is -1.93. The van der Waals surface area contributed by atoms with E-state index < -0.39 is 0 Å². The Labute approximate surface area is 112 Å². The second kappa shape index (κ2) is 5.31. The van der Waals surface area contributed by atoms with Gasteiger partial charge >= 0.3 is 0 Å². The number of pyridine rings is 1. The molecule has 2 rings (SSSR count). The molecule has 0 aliphatic heterocycles. The van der Waals surface area contributed by atoms with Gasteiger partial charge in [-0.2, -0.15) is 10.5 Å². The van der Waals surface area contributed by atoms with Crippen molar-refractivity contribution in [3.05, 3.63) is 52.3 Å². The fraction of sp³-hybridized carbons (Fsp3) is 0. The third kappa shape index (κ3) is 2.48. The molecule has 1 heterocycles. The summed E-state index contributed by atoms with van der Waals surface area (Å²) in [5.74, 6) is 0.714. The van der Waals surface area contributed by atoms with Gasteiger partial charge in [-0.05, 0) is 34.1 Å². The van der Waals surface area contributed by atoms with Gasteiger partial charge < -0.3 is 4.74 Å². The molecule has 5 heteroatoms. The molecule has 2 aromatic rings. The predicted molar refractivity (Wildman–Crippen MR) is 67.9 cm³/mol. The normalized spacial score (nSPS) is 9.28. The third-order valence-electron chi connectivity index (χ3n) is 2.15. The molecule has 18 heavy (non-hydrogen) atoms. The Hall–Kier alpha value is -2.37. The Kier molecular flexibility index (Phi) is 3.57. The first kappa shape index (κ1) is 12.1. The molecule has 0 bridgehead atoms. The zero-order valence-corrected chi connectivity index (χ0v) is 10.7. The van der Waals surface area contributed by atoms with Gasteiger partial charge in [-0.3, -0.25) is 0 Å². The number of hydrogen-bond acceptors (Lipinski definition) is 4. The van der Waals surface area contributed by atoms with E-state index in [0.717, 1.165) is 0 Å². The molecule has 1 aromatic heterocycles. The van der Waals surface area contributed by atoms with E-state index in [1.165, 1.54) is 6.20 Å². The minimum Gasteiger partial charge on any atom is -0.453 e. The Morgan fingerprint density at radius 2 is 1.89 bits per heavy atom. The summed E-state index contributed by atoms with van der Waals surface area (Å²) in [6.45, 7) is 0. The van der Waals surface area contributed by atoms with E-state index >= 15 is 0 Å². The van der Waals surface area contributed by atoms with Gasteiger partial charge in [-0.15, -0.1) is 0 Å². The van der Waals surface area contributed by atoms with Gasteiger partial charge in [-0.1, -0.05) is 12.1 Å². The van der Waals surface area contributed by atoms with Crippen LogP contribution in [0.2, 0.25) is 0 Å².